The molecule has 6 N–H and O–H groups in total. The van der Waals surface area contributed by atoms with E-state index in [-0.39, 0.29) is 23.4 Å². The van der Waals surface area contributed by atoms with Gasteiger partial charge in [-0.25, -0.2) is 4.98 Å². The number of phenols is 1. The molecule has 0 saturated carbocycles. The summed E-state index contributed by atoms with van der Waals surface area (Å²) in [6.07, 6.45) is 5.03. The number of nitrogens with zero attached hydrogens (tertiary/aromatic N) is 2. The second kappa shape index (κ2) is 8.59. The standard InChI is InChI=1S/C23H27N5O2/c24-17-12-15(9-10-21(17)29)13-18(25)23(30)28-11-5-4-8-20(28)22-26-14-19(27-22)16-6-2-1-3-7-16/h1-3,6-7,9-10,12,14,18,20,29H,4-5,8,11,13,24-25H2,(H,26,27)/t18-,20-/m0/s1. The summed E-state index contributed by atoms with van der Waals surface area (Å²) in [6.45, 7) is 0.663. The molecule has 156 valence electrons. The topological polar surface area (TPSA) is 121 Å². The van der Waals surface area contributed by atoms with Gasteiger partial charge in [0.2, 0.25) is 5.91 Å². The number of likely N-dealkylation sites (tertiary alicyclic amines) is 1. The van der Waals surface area contributed by atoms with E-state index in [0.29, 0.717) is 13.0 Å². The summed E-state index contributed by atoms with van der Waals surface area (Å²) in [5.74, 6) is 0.730. The number of aromatic hydroxyl groups is 1. The molecular weight excluding hydrogens is 378 g/mol. The summed E-state index contributed by atoms with van der Waals surface area (Å²) >= 11 is 0. The first kappa shape index (κ1) is 20.0. The smallest absolute Gasteiger partial charge is 0.240 e. The first-order valence-corrected chi connectivity index (χ1v) is 10.3. The predicted octanol–water partition coefficient (Wildman–Crippen LogP) is 2.99. The molecule has 4 rings (SSSR count). The van der Waals surface area contributed by atoms with Crippen LogP contribution in [-0.4, -0.2) is 38.5 Å². The van der Waals surface area contributed by atoms with E-state index in [1.54, 1.807) is 12.1 Å². The summed E-state index contributed by atoms with van der Waals surface area (Å²) in [5.41, 5.74) is 15.2. The van der Waals surface area contributed by atoms with Crippen molar-refractivity contribution in [2.75, 3.05) is 12.3 Å². The van der Waals surface area contributed by atoms with E-state index < -0.39 is 6.04 Å². The van der Waals surface area contributed by atoms with E-state index in [9.17, 15) is 9.90 Å². The highest BCUT2D eigenvalue weighted by Gasteiger charge is 2.32. The van der Waals surface area contributed by atoms with Gasteiger partial charge in [0.05, 0.1) is 29.7 Å². The number of rotatable bonds is 5. The van der Waals surface area contributed by atoms with Crippen LogP contribution in [0, 0.1) is 0 Å². The highest BCUT2D eigenvalue weighted by molar-refractivity contribution is 5.82. The van der Waals surface area contributed by atoms with Gasteiger partial charge in [-0.3, -0.25) is 4.79 Å². The molecule has 1 aliphatic heterocycles. The zero-order chi connectivity index (χ0) is 21.1. The van der Waals surface area contributed by atoms with Crippen LogP contribution in [0.4, 0.5) is 5.69 Å². The summed E-state index contributed by atoms with van der Waals surface area (Å²) in [6, 6.07) is 14.1. The van der Waals surface area contributed by atoms with Crippen LogP contribution in [0.1, 0.15) is 36.7 Å². The molecule has 0 spiro atoms. The summed E-state index contributed by atoms with van der Waals surface area (Å²) < 4.78 is 0. The number of anilines is 1. The highest BCUT2D eigenvalue weighted by atomic mass is 16.3. The second-order valence-corrected chi connectivity index (χ2v) is 7.80. The Kier molecular flexibility index (Phi) is 5.72. The van der Waals surface area contributed by atoms with Crippen LogP contribution in [-0.2, 0) is 11.2 Å². The largest absolute Gasteiger partial charge is 0.506 e. The van der Waals surface area contributed by atoms with E-state index in [2.05, 4.69) is 9.97 Å². The lowest BCUT2D eigenvalue weighted by Gasteiger charge is -2.36. The van der Waals surface area contributed by atoms with Crippen LogP contribution >= 0.6 is 0 Å². The molecule has 1 amide bonds. The Morgan fingerprint density at radius 3 is 2.80 bits per heavy atom. The maximum absolute atomic E-state index is 13.2. The van der Waals surface area contributed by atoms with E-state index in [1.807, 2.05) is 41.4 Å². The van der Waals surface area contributed by atoms with Gasteiger partial charge < -0.3 is 26.5 Å². The first-order chi connectivity index (χ1) is 14.5. The summed E-state index contributed by atoms with van der Waals surface area (Å²) in [4.78, 5) is 23.0. The molecule has 1 saturated heterocycles. The fourth-order valence-electron chi connectivity index (χ4n) is 4.04. The van der Waals surface area contributed by atoms with Gasteiger partial charge in [-0.2, -0.15) is 0 Å². The number of carbonyl (C=O) groups is 1. The summed E-state index contributed by atoms with van der Waals surface area (Å²) in [7, 11) is 0. The fraction of sp³-hybridized carbons (Fsp3) is 0.304. The van der Waals surface area contributed by atoms with Gasteiger partial charge >= 0.3 is 0 Å². The molecule has 7 heteroatoms. The average Bonchev–Trinajstić information content (AvgIpc) is 3.26. The number of benzene rings is 2. The minimum atomic E-state index is -0.682. The molecule has 1 aromatic heterocycles. The highest BCUT2D eigenvalue weighted by Crippen LogP contribution is 2.31. The SMILES string of the molecule is Nc1cc(C[C@H](N)C(=O)N2CCCC[C@H]2c2ncc(-c3ccccc3)[nH]2)ccc1O. The quantitative estimate of drug-likeness (QED) is 0.384. The van der Waals surface area contributed by atoms with Crippen LogP contribution < -0.4 is 11.5 Å². The van der Waals surface area contributed by atoms with E-state index >= 15 is 0 Å². The van der Waals surface area contributed by atoms with Gasteiger partial charge in [-0.15, -0.1) is 0 Å². The van der Waals surface area contributed by atoms with Crippen molar-refractivity contribution in [3.8, 4) is 17.0 Å². The number of nitrogens with two attached hydrogens (primary N) is 2. The molecule has 1 fully saturated rings. The number of carbonyl (C=O) groups excluding carboxylic acids is 1. The number of hydrogen-bond donors (Lipinski definition) is 4. The average molecular weight is 406 g/mol. The second-order valence-electron chi connectivity index (χ2n) is 7.80. The van der Waals surface area contributed by atoms with Gasteiger partial charge in [0, 0.05) is 6.54 Å². The number of H-pyrrole nitrogens is 1. The first-order valence-electron chi connectivity index (χ1n) is 10.3. The fourth-order valence-corrected chi connectivity index (χ4v) is 4.04. The van der Waals surface area contributed by atoms with E-state index in [1.165, 1.54) is 6.07 Å². The van der Waals surface area contributed by atoms with Crippen molar-refractivity contribution in [1.82, 2.24) is 14.9 Å². The number of piperidine rings is 1. The van der Waals surface area contributed by atoms with Crippen LogP contribution in [0.3, 0.4) is 0 Å². The van der Waals surface area contributed by atoms with Gasteiger partial charge in [0.25, 0.3) is 0 Å². The van der Waals surface area contributed by atoms with E-state index in [0.717, 1.165) is 41.9 Å². The number of amides is 1. The molecule has 0 aliphatic carbocycles. The Labute approximate surface area is 175 Å². The normalized spacial score (nSPS) is 17.6. The molecular formula is C23H27N5O2. The van der Waals surface area contributed by atoms with Crippen LogP contribution in [0.25, 0.3) is 11.3 Å². The molecule has 1 aliphatic rings. The molecule has 2 aromatic carbocycles. The van der Waals surface area contributed by atoms with Crippen molar-refractivity contribution >= 4 is 11.6 Å². The Bertz CT molecular complexity index is 1020. The van der Waals surface area contributed by atoms with Crippen LogP contribution in [0.15, 0.2) is 54.7 Å². The minimum Gasteiger partial charge on any atom is -0.506 e. The molecule has 2 heterocycles. The molecule has 30 heavy (non-hydrogen) atoms. The van der Waals surface area contributed by atoms with Crippen molar-refractivity contribution in [2.45, 2.75) is 37.8 Å². The van der Waals surface area contributed by atoms with Crippen LogP contribution in [0.2, 0.25) is 0 Å². The lowest BCUT2D eigenvalue weighted by atomic mass is 9.98. The van der Waals surface area contributed by atoms with Crippen molar-refractivity contribution in [1.29, 1.82) is 0 Å². The maximum atomic E-state index is 13.2. The van der Waals surface area contributed by atoms with Crippen molar-refractivity contribution in [3.05, 3.63) is 66.1 Å². The Balaban J connectivity index is 1.51. The summed E-state index contributed by atoms with van der Waals surface area (Å²) in [5, 5.41) is 9.59. The Morgan fingerprint density at radius 1 is 1.23 bits per heavy atom. The van der Waals surface area contributed by atoms with E-state index in [4.69, 9.17) is 11.5 Å². The van der Waals surface area contributed by atoms with Gasteiger partial charge in [0.15, 0.2) is 0 Å². The number of aromatic amines is 1. The monoisotopic (exact) mass is 405 g/mol. The Hall–Kier alpha value is -3.32. The molecule has 2 atom stereocenters. The van der Waals surface area contributed by atoms with Crippen LogP contribution in [0.5, 0.6) is 5.75 Å². The number of imidazole rings is 1. The van der Waals surface area contributed by atoms with Crippen molar-refractivity contribution < 1.29 is 9.90 Å². The molecule has 3 aromatic rings. The predicted molar refractivity (Wildman–Crippen MR) is 117 cm³/mol. The number of nitrogen functional groups attached to an aromatic ring is 1. The van der Waals surface area contributed by atoms with Gasteiger partial charge in [0.1, 0.15) is 11.6 Å². The zero-order valence-corrected chi connectivity index (χ0v) is 16.8. The molecule has 7 nitrogen and oxygen atoms in total. The van der Waals surface area contributed by atoms with Crippen molar-refractivity contribution in [3.63, 3.8) is 0 Å². The maximum Gasteiger partial charge on any atom is 0.240 e. The third-order valence-electron chi connectivity index (χ3n) is 5.65. The molecule has 0 bridgehead atoms. The lowest BCUT2D eigenvalue weighted by molar-refractivity contribution is -0.136. The van der Waals surface area contributed by atoms with Gasteiger partial charge in [-0.05, 0) is 48.9 Å². The minimum absolute atomic E-state index is 0.0294. The lowest BCUT2D eigenvalue weighted by Crippen LogP contribution is -2.48. The Morgan fingerprint density at radius 2 is 2.03 bits per heavy atom. The number of nitrogens with one attached hydrogen (secondary N) is 1. The number of aromatic nitrogens is 2. The molecule has 0 radical (unpaired) electrons. The third-order valence-corrected chi connectivity index (χ3v) is 5.65. The number of hydrogen-bond acceptors (Lipinski definition) is 5. The number of phenolic OH excluding ortho intramolecular Hbond substituents is 1. The molecule has 0 unspecified atom stereocenters. The third kappa shape index (κ3) is 4.16. The zero-order valence-electron chi connectivity index (χ0n) is 16.8. The van der Waals surface area contributed by atoms with Gasteiger partial charge in [-0.1, -0.05) is 36.4 Å². The van der Waals surface area contributed by atoms with Crippen molar-refractivity contribution in [2.24, 2.45) is 5.73 Å².